The fourth-order valence-corrected chi connectivity index (χ4v) is 8.10. The molecule has 4 heteroatoms. The summed E-state index contributed by atoms with van der Waals surface area (Å²) in [5, 5.41) is 9.49. The van der Waals surface area contributed by atoms with Gasteiger partial charge in [-0.15, -0.1) is 0 Å². The third kappa shape index (κ3) is 4.47. The highest BCUT2D eigenvalue weighted by Crippen LogP contribution is 2.63. The first-order chi connectivity index (χ1) is 25.7. The Morgan fingerprint density at radius 1 is 0.442 bits per heavy atom. The maximum Gasteiger partial charge on any atom is 0.160 e. The fourth-order valence-electron chi connectivity index (χ4n) is 8.10. The number of para-hydroxylation sites is 1. The molecule has 1 aromatic heterocycles. The lowest BCUT2D eigenvalue weighted by Crippen LogP contribution is -2.32. The van der Waals surface area contributed by atoms with Crippen molar-refractivity contribution in [3.05, 3.63) is 204 Å². The highest BCUT2D eigenvalue weighted by atomic mass is 16.5. The van der Waals surface area contributed by atoms with Crippen molar-refractivity contribution in [1.29, 1.82) is 5.26 Å². The van der Waals surface area contributed by atoms with Crippen LogP contribution in [0.25, 0.3) is 56.2 Å². The predicted molar refractivity (Wildman–Crippen MR) is 206 cm³/mol. The van der Waals surface area contributed by atoms with E-state index in [-0.39, 0.29) is 0 Å². The Kier molecular flexibility index (Phi) is 6.74. The van der Waals surface area contributed by atoms with Crippen molar-refractivity contribution in [3.63, 3.8) is 0 Å². The summed E-state index contributed by atoms with van der Waals surface area (Å²) in [6, 6.07) is 62.9. The van der Waals surface area contributed by atoms with E-state index in [1.165, 1.54) is 22.3 Å². The number of aromatic nitrogens is 2. The maximum atomic E-state index is 9.49. The van der Waals surface area contributed by atoms with E-state index in [1.54, 1.807) is 0 Å². The molecule has 7 aromatic carbocycles. The van der Waals surface area contributed by atoms with Crippen LogP contribution in [0.4, 0.5) is 0 Å². The molecule has 52 heavy (non-hydrogen) atoms. The van der Waals surface area contributed by atoms with Crippen molar-refractivity contribution < 1.29 is 4.74 Å². The van der Waals surface area contributed by atoms with Gasteiger partial charge in [0.2, 0.25) is 0 Å². The molecule has 4 nitrogen and oxygen atoms in total. The lowest BCUT2D eigenvalue weighted by molar-refractivity contribution is 0.438. The standard InChI is InChI=1S/C48H29N3O/c49-30-31-22-24-32(25-23-31)36-18-11-21-41-46(36)52-45-27-26-35(28-42(45)48(41)39-19-9-7-16-37(39)38-17-8-10-20-40(38)48)44-29-43(33-12-3-1-4-13-33)50-47(51-44)34-14-5-2-6-15-34/h1-29H. The van der Waals surface area contributed by atoms with Gasteiger partial charge in [-0.05, 0) is 64.2 Å². The minimum atomic E-state index is -0.660. The van der Waals surface area contributed by atoms with Crippen molar-refractivity contribution in [3.8, 4) is 73.7 Å². The van der Waals surface area contributed by atoms with Crippen molar-refractivity contribution in [2.24, 2.45) is 0 Å². The molecule has 0 N–H and O–H groups in total. The molecule has 8 aromatic rings. The van der Waals surface area contributed by atoms with Crippen LogP contribution in [0.5, 0.6) is 11.5 Å². The monoisotopic (exact) mass is 663 g/mol. The van der Waals surface area contributed by atoms with Crippen LogP contribution in [-0.2, 0) is 5.41 Å². The Morgan fingerprint density at radius 2 is 1.00 bits per heavy atom. The molecule has 0 amide bonds. The summed E-state index contributed by atoms with van der Waals surface area (Å²) >= 11 is 0. The normalized spacial score (nSPS) is 12.9. The van der Waals surface area contributed by atoms with Gasteiger partial charge >= 0.3 is 0 Å². The molecule has 1 spiro atoms. The Morgan fingerprint density at radius 3 is 1.67 bits per heavy atom. The second-order valence-electron chi connectivity index (χ2n) is 13.2. The number of nitriles is 1. The van der Waals surface area contributed by atoms with Gasteiger partial charge in [0.15, 0.2) is 5.82 Å². The molecule has 1 aliphatic carbocycles. The van der Waals surface area contributed by atoms with Crippen molar-refractivity contribution in [2.75, 3.05) is 0 Å². The van der Waals surface area contributed by atoms with Crippen LogP contribution < -0.4 is 4.74 Å². The maximum absolute atomic E-state index is 9.49. The van der Waals surface area contributed by atoms with Crippen LogP contribution in [0.1, 0.15) is 27.8 Å². The van der Waals surface area contributed by atoms with E-state index in [2.05, 4.69) is 121 Å². The van der Waals surface area contributed by atoms with Crippen molar-refractivity contribution in [1.82, 2.24) is 9.97 Å². The average molecular weight is 664 g/mol. The van der Waals surface area contributed by atoms with E-state index in [1.807, 2.05) is 60.7 Å². The van der Waals surface area contributed by atoms with Gasteiger partial charge in [-0.25, -0.2) is 9.97 Å². The topological polar surface area (TPSA) is 58.8 Å². The molecule has 0 bridgehead atoms. The molecule has 2 aliphatic rings. The molecule has 0 saturated carbocycles. The molecule has 0 unspecified atom stereocenters. The van der Waals surface area contributed by atoms with Crippen LogP contribution in [0, 0.1) is 11.3 Å². The first-order valence-electron chi connectivity index (χ1n) is 17.4. The van der Waals surface area contributed by atoms with Crippen LogP contribution >= 0.6 is 0 Å². The zero-order valence-corrected chi connectivity index (χ0v) is 28.0. The zero-order valence-electron chi connectivity index (χ0n) is 28.0. The summed E-state index contributed by atoms with van der Waals surface area (Å²) in [5.41, 5.74) is 13.6. The molecule has 10 rings (SSSR count). The largest absolute Gasteiger partial charge is 0.456 e. The van der Waals surface area contributed by atoms with E-state index in [9.17, 15) is 5.26 Å². The second-order valence-corrected chi connectivity index (χ2v) is 13.2. The summed E-state index contributed by atoms with van der Waals surface area (Å²) in [4.78, 5) is 10.2. The number of fused-ring (bicyclic) bond motifs is 9. The molecule has 0 radical (unpaired) electrons. The summed E-state index contributed by atoms with van der Waals surface area (Å²) in [6.45, 7) is 0. The highest BCUT2D eigenvalue weighted by Gasteiger charge is 2.51. The molecule has 242 valence electrons. The Labute approximate surface area is 301 Å². The number of rotatable bonds is 4. The van der Waals surface area contributed by atoms with E-state index < -0.39 is 5.41 Å². The highest BCUT2D eigenvalue weighted by molar-refractivity contribution is 5.91. The SMILES string of the molecule is N#Cc1ccc(-c2cccc3c2Oc2ccc(-c4cc(-c5ccccc5)nc(-c5ccccc5)n4)cc2C32c3ccccc3-c3ccccc32)cc1. The minimum absolute atomic E-state index is 0.623. The van der Waals surface area contributed by atoms with Crippen LogP contribution in [0.3, 0.4) is 0 Å². The van der Waals surface area contributed by atoms with Gasteiger partial charge in [-0.2, -0.15) is 5.26 Å². The average Bonchev–Trinajstić information content (AvgIpc) is 3.52. The minimum Gasteiger partial charge on any atom is -0.456 e. The molecular formula is C48H29N3O. The van der Waals surface area contributed by atoms with E-state index in [0.717, 1.165) is 61.8 Å². The first-order valence-corrected chi connectivity index (χ1v) is 17.4. The molecule has 0 atom stereocenters. The Bertz CT molecular complexity index is 2610. The molecule has 0 saturated heterocycles. The third-order valence-electron chi connectivity index (χ3n) is 10.4. The quantitative estimate of drug-likeness (QED) is 0.188. The lowest BCUT2D eigenvalue weighted by Gasteiger charge is -2.40. The van der Waals surface area contributed by atoms with Crippen molar-refractivity contribution in [2.45, 2.75) is 5.41 Å². The van der Waals surface area contributed by atoms with Gasteiger partial charge < -0.3 is 4.74 Å². The van der Waals surface area contributed by atoms with Crippen LogP contribution in [0.2, 0.25) is 0 Å². The van der Waals surface area contributed by atoms with Gasteiger partial charge in [0.1, 0.15) is 11.5 Å². The molecular weight excluding hydrogens is 635 g/mol. The van der Waals surface area contributed by atoms with E-state index in [0.29, 0.717) is 11.4 Å². The number of hydrogen-bond acceptors (Lipinski definition) is 4. The number of ether oxygens (including phenoxy) is 1. The van der Waals surface area contributed by atoms with Gasteiger partial charge in [0.25, 0.3) is 0 Å². The van der Waals surface area contributed by atoms with Crippen LogP contribution in [-0.4, -0.2) is 9.97 Å². The molecule has 1 aliphatic heterocycles. The van der Waals surface area contributed by atoms with Crippen LogP contribution in [0.15, 0.2) is 176 Å². The number of hydrogen-bond donors (Lipinski definition) is 0. The third-order valence-corrected chi connectivity index (χ3v) is 10.4. The Hall–Kier alpha value is -7.09. The number of benzene rings is 7. The fraction of sp³-hybridized carbons (Fsp3) is 0.0208. The van der Waals surface area contributed by atoms with Crippen molar-refractivity contribution >= 4 is 0 Å². The van der Waals surface area contributed by atoms with Gasteiger partial charge in [0, 0.05) is 33.4 Å². The lowest BCUT2D eigenvalue weighted by atomic mass is 9.65. The second kappa shape index (κ2) is 11.8. The van der Waals surface area contributed by atoms with E-state index >= 15 is 0 Å². The van der Waals surface area contributed by atoms with Gasteiger partial charge in [-0.1, -0.05) is 140 Å². The predicted octanol–water partition coefficient (Wildman–Crippen LogP) is 11.5. The summed E-state index contributed by atoms with van der Waals surface area (Å²) < 4.78 is 7.02. The molecule has 2 heterocycles. The first kappa shape index (κ1) is 29.8. The Balaban J connectivity index is 1.25. The smallest absolute Gasteiger partial charge is 0.160 e. The summed E-state index contributed by atoms with van der Waals surface area (Å²) in [7, 11) is 0. The van der Waals surface area contributed by atoms with E-state index in [4.69, 9.17) is 14.7 Å². The van der Waals surface area contributed by atoms with Gasteiger partial charge in [0.05, 0.1) is 28.4 Å². The zero-order chi connectivity index (χ0) is 34.6. The summed E-state index contributed by atoms with van der Waals surface area (Å²) in [5.74, 6) is 2.29. The molecule has 0 fully saturated rings. The number of nitrogens with zero attached hydrogens (tertiary/aromatic N) is 3. The van der Waals surface area contributed by atoms with Gasteiger partial charge in [-0.3, -0.25) is 0 Å². The summed E-state index contributed by atoms with van der Waals surface area (Å²) in [6.07, 6.45) is 0.